The van der Waals surface area contributed by atoms with Crippen LogP contribution < -0.4 is 0 Å². The molecule has 0 aliphatic heterocycles. The van der Waals surface area contributed by atoms with Gasteiger partial charge in [-0.3, -0.25) is 4.79 Å². The van der Waals surface area contributed by atoms with E-state index in [4.69, 9.17) is 4.74 Å². The van der Waals surface area contributed by atoms with Gasteiger partial charge in [-0.1, -0.05) is 38.1 Å². The molecule has 2 aromatic carbocycles. The first-order valence-electron chi connectivity index (χ1n) is 8.19. The van der Waals surface area contributed by atoms with Crippen LogP contribution in [0.5, 0.6) is 5.75 Å². The SMILES string of the molecule is CCOC(=O)c1ccccc1C(=O)c1ccc(CC)c(CC)c1O. The number of rotatable bonds is 6. The fourth-order valence-electron chi connectivity index (χ4n) is 2.80. The Labute approximate surface area is 142 Å². The minimum atomic E-state index is -0.540. The third kappa shape index (κ3) is 3.32. The largest absolute Gasteiger partial charge is 0.507 e. The molecule has 0 aromatic heterocycles. The van der Waals surface area contributed by atoms with Gasteiger partial charge in [-0.05, 0) is 43.0 Å². The zero-order chi connectivity index (χ0) is 17.7. The molecule has 0 aliphatic rings. The van der Waals surface area contributed by atoms with Crippen LogP contribution in [-0.4, -0.2) is 23.5 Å². The highest BCUT2D eigenvalue weighted by atomic mass is 16.5. The monoisotopic (exact) mass is 326 g/mol. The van der Waals surface area contributed by atoms with Gasteiger partial charge in [0.05, 0.1) is 17.7 Å². The van der Waals surface area contributed by atoms with Crippen molar-refractivity contribution < 1.29 is 19.4 Å². The lowest BCUT2D eigenvalue weighted by Crippen LogP contribution is -2.13. The average Bonchev–Trinajstić information content (AvgIpc) is 2.61. The summed E-state index contributed by atoms with van der Waals surface area (Å²) in [4.78, 5) is 25.0. The van der Waals surface area contributed by atoms with E-state index in [-0.39, 0.29) is 34.8 Å². The Kier molecular flexibility index (Phi) is 5.74. The fraction of sp³-hybridized carbons (Fsp3) is 0.300. The van der Waals surface area contributed by atoms with Gasteiger partial charge in [-0.15, -0.1) is 0 Å². The third-order valence-electron chi connectivity index (χ3n) is 4.03. The number of aryl methyl sites for hydroxylation is 1. The van der Waals surface area contributed by atoms with Crippen LogP contribution in [0.1, 0.15) is 58.2 Å². The number of aromatic hydroxyl groups is 1. The Morgan fingerprint density at radius 3 is 2.17 bits per heavy atom. The van der Waals surface area contributed by atoms with E-state index in [1.165, 1.54) is 0 Å². The third-order valence-corrected chi connectivity index (χ3v) is 4.03. The number of carbonyl (C=O) groups excluding carboxylic acids is 2. The van der Waals surface area contributed by atoms with Gasteiger partial charge in [-0.2, -0.15) is 0 Å². The van der Waals surface area contributed by atoms with Gasteiger partial charge >= 0.3 is 5.97 Å². The molecule has 24 heavy (non-hydrogen) atoms. The molecule has 0 radical (unpaired) electrons. The van der Waals surface area contributed by atoms with Gasteiger partial charge < -0.3 is 9.84 Å². The van der Waals surface area contributed by atoms with Crippen LogP contribution in [0.4, 0.5) is 0 Å². The molecule has 0 spiro atoms. The molecule has 1 N–H and O–H groups in total. The van der Waals surface area contributed by atoms with E-state index in [0.29, 0.717) is 6.42 Å². The van der Waals surface area contributed by atoms with Crippen molar-refractivity contribution in [2.75, 3.05) is 6.61 Å². The quantitative estimate of drug-likeness (QED) is 0.645. The molecule has 0 atom stereocenters. The van der Waals surface area contributed by atoms with Crippen molar-refractivity contribution >= 4 is 11.8 Å². The first kappa shape index (κ1) is 17.7. The van der Waals surface area contributed by atoms with Crippen LogP contribution >= 0.6 is 0 Å². The second-order valence-electron chi connectivity index (χ2n) is 5.40. The smallest absolute Gasteiger partial charge is 0.338 e. The number of benzene rings is 2. The van der Waals surface area contributed by atoms with E-state index in [9.17, 15) is 14.7 Å². The van der Waals surface area contributed by atoms with Gasteiger partial charge in [0, 0.05) is 5.56 Å². The zero-order valence-electron chi connectivity index (χ0n) is 14.3. The molecule has 2 rings (SSSR count). The normalized spacial score (nSPS) is 10.5. The van der Waals surface area contributed by atoms with E-state index < -0.39 is 5.97 Å². The van der Waals surface area contributed by atoms with Crippen LogP contribution in [0.15, 0.2) is 36.4 Å². The molecule has 0 amide bonds. The molecular formula is C20H22O4. The minimum absolute atomic E-state index is 0.000474. The van der Waals surface area contributed by atoms with Crippen molar-refractivity contribution in [2.45, 2.75) is 33.6 Å². The number of hydrogen-bond acceptors (Lipinski definition) is 4. The molecule has 0 aliphatic carbocycles. The predicted molar refractivity (Wildman–Crippen MR) is 92.7 cm³/mol. The van der Waals surface area contributed by atoms with Crippen LogP contribution in [0.3, 0.4) is 0 Å². The molecule has 4 nitrogen and oxygen atoms in total. The molecule has 0 fully saturated rings. The van der Waals surface area contributed by atoms with E-state index in [2.05, 4.69) is 0 Å². The van der Waals surface area contributed by atoms with Crippen molar-refractivity contribution in [3.63, 3.8) is 0 Å². The van der Waals surface area contributed by atoms with E-state index in [0.717, 1.165) is 17.5 Å². The molecule has 0 bridgehead atoms. The number of esters is 1. The molecule has 0 unspecified atom stereocenters. The lowest BCUT2D eigenvalue weighted by Gasteiger charge is -2.13. The van der Waals surface area contributed by atoms with Crippen molar-refractivity contribution in [3.8, 4) is 5.75 Å². The molecule has 0 saturated heterocycles. The summed E-state index contributed by atoms with van der Waals surface area (Å²) in [5.41, 5.74) is 2.45. The van der Waals surface area contributed by atoms with Gasteiger partial charge in [0.15, 0.2) is 5.78 Å². The van der Waals surface area contributed by atoms with Gasteiger partial charge in [0.25, 0.3) is 0 Å². The van der Waals surface area contributed by atoms with Gasteiger partial charge in [-0.25, -0.2) is 4.79 Å². The molecule has 126 valence electrons. The van der Waals surface area contributed by atoms with Crippen molar-refractivity contribution in [2.24, 2.45) is 0 Å². The minimum Gasteiger partial charge on any atom is -0.507 e. The Morgan fingerprint density at radius 1 is 0.917 bits per heavy atom. The highest BCUT2D eigenvalue weighted by Gasteiger charge is 2.22. The summed E-state index contributed by atoms with van der Waals surface area (Å²) in [5, 5.41) is 10.5. The molecule has 2 aromatic rings. The zero-order valence-corrected chi connectivity index (χ0v) is 14.3. The molecular weight excluding hydrogens is 304 g/mol. The van der Waals surface area contributed by atoms with Crippen molar-refractivity contribution in [3.05, 3.63) is 64.2 Å². The number of phenols is 1. The lowest BCUT2D eigenvalue weighted by molar-refractivity contribution is 0.0523. The molecule has 4 heteroatoms. The maximum atomic E-state index is 12.9. The number of ether oxygens (including phenoxy) is 1. The van der Waals surface area contributed by atoms with Crippen molar-refractivity contribution in [1.82, 2.24) is 0 Å². The van der Waals surface area contributed by atoms with E-state index >= 15 is 0 Å². The summed E-state index contributed by atoms with van der Waals surface area (Å²) < 4.78 is 5.01. The summed E-state index contributed by atoms with van der Waals surface area (Å²) in [5.74, 6) is -0.921. The Bertz CT molecular complexity index is 762. The summed E-state index contributed by atoms with van der Waals surface area (Å²) in [6.07, 6.45) is 1.42. The first-order chi connectivity index (χ1) is 11.5. The first-order valence-corrected chi connectivity index (χ1v) is 8.19. The lowest BCUT2D eigenvalue weighted by atomic mass is 9.92. The van der Waals surface area contributed by atoms with E-state index in [1.807, 2.05) is 19.9 Å². The van der Waals surface area contributed by atoms with E-state index in [1.54, 1.807) is 37.3 Å². The number of ketones is 1. The topological polar surface area (TPSA) is 63.6 Å². The van der Waals surface area contributed by atoms with Crippen LogP contribution in [0.25, 0.3) is 0 Å². The van der Waals surface area contributed by atoms with Gasteiger partial charge in [0.1, 0.15) is 5.75 Å². The maximum Gasteiger partial charge on any atom is 0.338 e. The summed E-state index contributed by atoms with van der Waals surface area (Å²) >= 11 is 0. The van der Waals surface area contributed by atoms with Gasteiger partial charge in [0.2, 0.25) is 0 Å². The number of phenolic OH excluding ortho intramolecular Hbond substituents is 1. The Balaban J connectivity index is 2.53. The second kappa shape index (κ2) is 7.77. The maximum absolute atomic E-state index is 12.9. The highest BCUT2D eigenvalue weighted by molar-refractivity contribution is 6.15. The highest BCUT2D eigenvalue weighted by Crippen LogP contribution is 2.30. The Hall–Kier alpha value is -2.62. The number of hydrogen-bond donors (Lipinski definition) is 1. The number of carbonyl (C=O) groups is 2. The summed E-state index contributed by atoms with van der Waals surface area (Å²) in [6.45, 7) is 5.89. The molecule has 0 heterocycles. The average molecular weight is 326 g/mol. The molecule has 0 saturated carbocycles. The van der Waals surface area contributed by atoms with Crippen LogP contribution in [0, 0.1) is 0 Å². The fourth-order valence-corrected chi connectivity index (χ4v) is 2.80. The van der Waals surface area contributed by atoms with Crippen molar-refractivity contribution in [1.29, 1.82) is 0 Å². The Morgan fingerprint density at radius 2 is 1.58 bits per heavy atom. The predicted octanol–water partition coefficient (Wildman–Crippen LogP) is 3.92. The second-order valence-corrected chi connectivity index (χ2v) is 5.40. The van der Waals surface area contributed by atoms with Crippen LogP contribution in [0.2, 0.25) is 0 Å². The standard InChI is InChI=1S/C20H22O4/c1-4-13-11-12-17(18(21)14(13)5-2)19(22)15-9-7-8-10-16(15)20(23)24-6-3/h7-12,21H,4-6H2,1-3H3. The summed E-state index contributed by atoms with van der Waals surface area (Å²) in [6, 6.07) is 9.99. The summed E-state index contributed by atoms with van der Waals surface area (Å²) in [7, 11) is 0. The van der Waals surface area contributed by atoms with Crippen LogP contribution in [-0.2, 0) is 17.6 Å².